The Morgan fingerprint density at radius 3 is 1.07 bits per heavy atom. The average molecular weight is 427 g/mol. The SMILES string of the molecule is O=S(=O)(C1CCC(OC2CCCCC2)CC1)C1CCC(OC2CCCCC2)CC1. The predicted molar refractivity (Wildman–Crippen MR) is 117 cm³/mol. The fourth-order valence-electron chi connectivity index (χ4n) is 6.21. The van der Waals surface area contributed by atoms with Crippen LogP contribution >= 0.6 is 0 Å². The molecule has 0 atom stereocenters. The number of sulfone groups is 1. The molecule has 4 fully saturated rings. The predicted octanol–water partition coefficient (Wildman–Crippen LogP) is 5.72. The summed E-state index contributed by atoms with van der Waals surface area (Å²) in [6.07, 6.45) is 21.1. The molecule has 0 N–H and O–H groups in total. The first-order chi connectivity index (χ1) is 14.1. The van der Waals surface area contributed by atoms with Crippen LogP contribution < -0.4 is 0 Å². The third-order valence-corrected chi connectivity index (χ3v) is 10.8. The van der Waals surface area contributed by atoms with Crippen molar-refractivity contribution in [1.29, 1.82) is 0 Å². The van der Waals surface area contributed by atoms with Crippen LogP contribution in [0.15, 0.2) is 0 Å². The quantitative estimate of drug-likeness (QED) is 0.545. The fourth-order valence-corrected chi connectivity index (χ4v) is 8.62. The van der Waals surface area contributed by atoms with Gasteiger partial charge in [-0.05, 0) is 77.0 Å². The van der Waals surface area contributed by atoms with E-state index < -0.39 is 9.84 Å². The first-order valence-electron chi connectivity index (χ1n) is 12.6. The summed E-state index contributed by atoms with van der Waals surface area (Å²) in [6.45, 7) is 0. The summed E-state index contributed by atoms with van der Waals surface area (Å²) in [7, 11) is -3.01. The van der Waals surface area contributed by atoms with Gasteiger partial charge in [0.1, 0.15) is 0 Å². The minimum Gasteiger partial charge on any atom is -0.375 e. The molecule has 4 nitrogen and oxygen atoms in total. The summed E-state index contributed by atoms with van der Waals surface area (Å²) >= 11 is 0. The molecule has 4 rings (SSSR count). The lowest BCUT2D eigenvalue weighted by Crippen LogP contribution is -2.40. The van der Waals surface area contributed by atoms with E-state index in [-0.39, 0.29) is 10.5 Å². The molecular weight excluding hydrogens is 384 g/mol. The number of rotatable bonds is 6. The number of hydrogen-bond acceptors (Lipinski definition) is 4. The van der Waals surface area contributed by atoms with Gasteiger partial charge in [0.05, 0.1) is 34.9 Å². The van der Waals surface area contributed by atoms with E-state index >= 15 is 0 Å². The first-order valence-corrected chi connectivity index (χ1v) is 14.3. The molecule has 0 aromatic carbocycles. The largest absolute Gasteiger partial charge is 0.375 e. The molecule has 4 aliphatic rings. The van der Waals surface area contributed by atoms with Gasteiger partial charge in [0, 0.05) is 0 Å². The Hall–Kier alpha value is -0.130. The van der Waals surface area contributed by atoms with E-state index in [1.54, 1.807) is 0 Å². The van der Waals surface area contributed by atoms with Crippen molar-refractivity contribution in [3.63, 3.8) is 0 Å². The van der Waals surface area contributed by atoms with E-state index in [2.05, 4.69) is 0 Å². The van der Waals surface area contributed by atoms with Crippen LogP contribution in [-0.4, -0.2) is 43.3 Å². The van der Waals surface area contributed by atoms with Crippen LogP contribution in [0.5, 0.6) is 0 Å². The molecule has 0 bridgehead atoms. The topological polar surface area (TPSA) is 52.6 Å². The molecule has 4 aliphatic carbocycles. The highest BCUT2D eigenvalue weighted by atomic mass is 32.2. The second-order valence-electron chi connectivity index (χ2n) is 10.2. The van der Waals surface area contributed by atoms with Gasteiger partial charge in [0.25, 0.3) is 0 Å². The van der Waals surface area contributed by atoms with Crippen molar-refractivity contribution in [1.82, 2.24) is 0 Å². The summed E-state index contributed by atoms with van der Waals surface area (Å²) < 4.78 is 39.1. The van der Waals surface area contributed by atoms with Crippen LogP contribution in [0.4, 0.5) is 0 Å². The van der Waals surface area contributed by atoms with Crippen LogP contribution in [-0.2, 0) is 19.3 Å². The molecule has 0 aromatic heterocycles. The average Bonchev–Trinajstić information content (AvgIpc) is 2.76. The van der Waals surface area contributed by atoms with E-state index in [1.165, 1.54) is 64.2 Å². The van der Waals surface area contributed by atoms with Crippen molar-refractivity contribution >= 4 is 9.84 Å². The molecule has 0 aliphatic heterocycles. The minimum absolute atomic E-state index is 0.130. The van der Waals surface area contributed by atoms with Gasteiger partial charge in [-0.25, -0.2) is 8.42 Å². The molecule has 0 heterocycles. The summed E-state index contributed by atoms with van der Waals surface area (Å²) in [5.41, 5.74) is 0. The van der Waals surface area contributed by atoms with Crippen LogP contribution in [0.25, 0.3) is 0 Å². The van der Waals surface area contributed by atoms with Crippen LogP contribution in [0.2, 0.25) is 0 Å². The molecule has 0 amide bonds. The third kappa shape index (κ3) is 5.98. The normalized spacial score (nSPS) is 36.1. The number of ether oxygens (including phenoxy) is 2. The standard InChI is InChI=1S/C24H42O4S/c25-29(26,23-15-11-21(12-16-23)27-19-7-3-1-4-8-19)24-17-13-22(14-18-24)28-20-9-5-2-6-10-20/h19-24H,1-18H2. The molecule has 0 aromatic rings. The first kappa shape index (κ1) is 22.1. The van der Waals surface area contributed by atoms with Gasteiger partial charge in [-0.1, -0.05) is 38.5 Å². The van der Waals surface area contributed by atoms with Gasteiger partial charge < -0.3 is 9.47 Å². The zero-order valence-electron chi connectivity index (χ0n) is 18.2. The zero-order chi connectivity index (χ0) is 20.1. The van der Waals surface area contributed by atoms with Gasteiger partial charge >= 0.3 is 0 Å². The van der Waals surface area contributed by atoms with Crippen LogP contribution in [0.1, 0.15) is 116 Å². The van der Waals surface area contributed by atoms with Crippen molar-refractivity contribution in [2.45, 2.75) is 150 Å². The Bertz CT molecular complexity index is 530. The molecule has 0 spiro atoms. The lowest BCUT2D eigenvalue weighted by Gasteiger charge is -2.36. The Morgan fingerprint density at radius 2 is 0.724 bits per heavy atom. The van der Waals surface area contributed by atoms with Gasteiger partial charge in [0.2, 0.25) is 0 Å². The van der Waals surface area contributed by atoms with E-state index in [9.17, 15) is 8.42 Å². The maximum absolute atomic E-state index is 13.3. The van der Waals surface area contributed by atoms with Gasteiger partial charge in [-0.2, -0.15) is 0 Å². The fraction of sp³-hybridized carbons (Fsp3) is 1.00. The molecular formula is C24H42O4S. The van der Waals surface area contributed by atoms with Crippen LogP contribution in [0, 0.1) is 0 Å². The summed E-state index contributed by atoms with van der Waals surface area (Å²) in [5.74, 6) is 0. The lowest BCUT2D eigenvalue weighted by molar-refractivity contribution is -0.0455. The molecule has 29 heavy (non-hydrogen) atoms. The molecule has 0 saturated heterocycles. The van der Waals surface area contributed by atoms with Crippen molar-refractivity contribution < 1.29 is 17.9 Å². The summed E-state index contributed by atoms with van der Waals surface area (Å²) in [4.78, 5) is 0. The van der Waals surface area contributed by atoms with E-state index in [4.69, 9.17) is 9.47 Å². The van der Waals surface area contributed by atoms with Crippen molar-refractivity contribution in [2.24, 2.45) is 0 Å². The van der Waals surface area contributed by atoms with E-state index in [0.29, 0.717) is 24.4 Å². The van der Waals surface area contributed by atoms with Crippen molar-refractivity contribution in [2.75, 3.05) is 0 Å². The Labute approximate surface area is 178 Å². The highest BCUT2D eigenvalue weighted by molar-refractivity contribution is 7.92. The van der Waals surface area contributed by atoms with E-state index in [0.717, 1.165) is 51.4 Å². The summed E-state index contributed by atoms with van der Waals surface area (Å²) in [6, 6.07) is 0. The second-order valence-corrected chi connectivity index (χ2v) is 12.7. The maximum atomic E-state index is 13.3. The summed E-state index contributed by atoms with van der Waals surface area (Å²) in [5, 5.41) is -0.260. The Morgan fingerprint density at radius 1 is 0.414 bits per heavy atom. The minimum atomic E-state index is -3.01. The molecule has 0 radical (unpaired) electrons. The third-order valence-electron chi connectivity index (χ3n) is 8.05. The Kier molecular flexibility index (Phi) is 7.96. The lowest BCUT2D eigenvalue weighted by atomic mass is 9.94. The number of hydrogen-bond donors (Lipinski definition) is 0. The molecule has 0 unspecified atom stereocenters. The van der Waals surface area contributed by atoms with E-state index in [1.807, 2.05) is 0 Å². The van der Waals surface area contributed by atoms with Crippen molar-refractivity contribution in [3.05, 3.63) is 0 Å². The van der Waals surface area contributed by atoms with Gasteiger partial charge in [-0.3, -0.25) is 0 Å². The maximum Gasteiger partial charge on any atom is 0.156 e. The second kappa shape index (κ2) is 10.5. The highest BCUT2D eigenvalue weighted by Gasteiger charge is 2.39. The van der Waals surface area contributed by atoms with Gasteiger partial charge in [0.15, 0.2) is 9.84 Å². The van der Waals surface area contributed by atoms with Crippen molar-refractivity contribution in [3.8, 4) is 0 Å². The smallest absolute Gasteiger partial charge is 0.156 e. The molecule has 168 valence electrons. The highest BCUT2D eigenvalue weighted by Crippen LogP contribution is 2.36. The zero-order valence-corrected chi connectivity index (χ0v) is 19.0. The monoisotopic (exact) mass is 426 g/mol. The Balaban J connectivity index is 1.20. The van der Waals surface area contributed by atoms with Gasteiger partial charge in [-0.15, -0.1) is 0 Å². The van der Waals surface area contributed by atoms with Crippen LogP contribution in [0.3, 0.4) is 0 Å². The molecule has 4 saturated carbocycles. The molecule has 5 heteroatoms.